The maximum atomic E-state index is 11.9. The van der Waals surface area contributed by atoms with Gasteiger partial charge in [-0.1, -0.05) is 37.3 Å². The molecule has 0 saturated carbocycles. The van der Waals surface area contributed by atoms with Crippen molar-refractivity contribution in [3.63, 3.8) is 0 Å². The molecule has 1 heterocycles. The van der Waals surface area contributed by atoms with Gasteiger partial charge in [0.1, 0.15) is 5.01 Å². The number of aromatic nitrogens is 1. The number of aryl methyl sites for hydroxylation is 2. The molecule has 2 rings (SSSR count). The van der Waals surface area contributed by atoms with E-state index in [-0.39, 0.29) is 5.91 Å². The summed E-state index contributed by atoms with van der Waals surface area (Å²) in [6.07, 6.45) is 1.30. The van der Waals surface area contributed by atoms with Crippen LogP contribution in [0.15, 0.2) is 30.3 Å². The van der Waals surface area contributed by atoms with Gasteiger partial charge >= 0.3 is 0 Å². The average Bonchev–Trinajstić information content (AvgIpc) is 2.77. The van der Waals surface area contributed by atoms with Crippen LogP contribution in [-0.4, -0.2) is 10.9 Å². The van der Waals surface area contributed by atoms with E-state index in [1.54, 1.807) is 11.3 Å². The second-order valence-electron chi connectivity index (χ2n) is 4.40. The molecule has 0 unspecified atom stereocenters. The zero-order valence-corrected chi connectivity index (χ0v) is 12.1. The van der Waals surface area contributed by atoms with Crippen LogP contribution < -0.4 is 5.32 Å². The Morgan fingerprint density at radius 3 is 2.68 bits per heavy atom. The van der Waals surface area contributed by atoms with Crippen LogP contribution in [-0.2, 0) is 24.2 Å². The molecule has 4 heteroatoms. The van der Waals surface area contributed by atoms with E-state index in [1.807, 2.05) is 30.3 Å². The van der Waals surface area contributed by atoms with Gasteiger partial charge in [0.25, 0.3) is 0 Å². The summed E-state index contributed by atoms with van der Waals surface area (Å²) in [5.41, 5.74) is 2.22. The van der Waals surface area contributed by atoms with Crippen LogP contribution in [0.1, 0.15) is 28.1 Å². The summed E-state index contributed by atoms with van der Waals surface area (Å²) < 4.78 is 0. The standard InChI is InChI=1S/C15H18N2OS/c1-3-13-11(2)19-15(17-13)9-14(18)16-10-12-7-5-4-6-8-12/h4-8H,3,9-10H2,1-2H3,(H,16,18). The third-order valence-electron chi connectivity index (χ3n) is 2.92. The maximum absolute atomic E-state index is 11.9. The van der Waals surface area contributed by atoms with Gasteiger partial charge in [-0.2, -0.15) is 0 Å². The minimum absolute atomic E-state index is 0.0280. The van der Waals surface area contributed by atoms with Gasteiger partial charge in [-0.3, -0.25) is 4.79 Å². The fourth-order valence-corrected chi connectivity index (χ4v) is 2.91. The normalized spacial score (nSPS) is 10.4. The summed E-state index contributed by atoms with van der Waals surface area (Å²) in [6.45, 7) is 4.72. The van der Waals surface area contributed by atoms with Gasteiger partial charge in [-0.25, -0.2) is 4.98 Å². The Kier molecular flexibility index (Phi) is 4.68. The van der Waals surface area contributed by atoms with Crippen LogP contribution in [0.25, 0.3) is 0 Å². The number of rotatable bonds is 5. The molecule has 0 radical (unpaired) electrons. The molecule has 1 amide bonds. The molecule has 0 saturated heterocycles. The van der Waals surface area contributed by atoms with Gasteiger partial charge in [0.15, 0.2) is 0 Å². The van der Waals surface area contributed by atoms with Crippen molar-refractivity contribution in [1.82, 2.24) is 10.3 Å². The largest absolute Gasteiger partial charge is 0.352 e. The number of nitrogens with zero attached hydrogens (tertiary/aromatic N) is 1. The van der Waals surface area contributed by atoms with E-state index in [0.29, 0.717) is 13.0 Å². The van der Waals surface area contributed by atoms with E-state index in [0.717, 1.165) is 22.7 Å². The van der Waals surface area contributed by atoms with E-state index >= 15 is 0 Å². The van der Waals surface area contributed by atoms with Crippen LogP contribution in [0.5, 0.6) is 0 Å². The van der Waals surface area contributed by atoms with Crippen LogP contribution in [0.4, 0.5) is 0 Å². The Hall–Kier alpha value is -1.68. The number of thiazole rings is 1. The van der Waals surface area contributed by atoms with Crippen molar-refractivity contribution in [3.8, 4) is 0 Å². The lowest BCUT2D eigenvalue weighted by atomic mass is 10.2. The Morgan fingerprint density at radius 1 is 1.32 bits per heavy atom. The van der Waals surface area contributed by atoms with Crippen molar-refractivity contribution in [2.75, 3.05) is 0 Å². The minimum Gasteiger partial charge on any atom is -0.352 e. The van der Waals surface area contributed by atoms with E-state index in [2.05, 4.69) is 24.1 Å². The second-order valence-corrected chi connectivity index (χ2v) is 5.69. The van der Waals surface area contributed by atoms with Crippen LogP contribution >= 0.6 is 11.3 Å². The van der Waals surface area contributed by atoms with Gasteiger partial charge in [-0.05, 0) is 18.9 Å². The highest BCUT2D eigenvalue weighted by Crippen LogP contribution is 2.18. The maximum Gasteiger partial charge on any atom is 0.227 e. The molecular formula is C15H18N2OS. The van der Waals surface area contributed by atoms with Gasteiger partial charge in [0, 0.05) is 11.4 Å². The summed E-state index contributed by atoms with van der Waals surface area (Å²) in [6, 6.07) is 9.92. The van der Waals surface area contributed by atoms with Crippen molar-refractivity contribution >= 4 is 17.2 Å². The third-order valence-corrected chi connectivity index (χ3v) is 3.93. The molecule has 0 aliphatic carbocycles. The molecule has 100 valence electrons. The Balaban J connectivity index is 1.87. The SMILES string of the molecule is CCc1nc(CC(=O)NCc2ccccc2)sc1C. The van der Waals surface area contributed by atoms with E-state index in [9.17, 15) is 4.79 Å². The first-order chi connectivity index (χ1) is 9.19. The van der Waals surface area contributed by atoms with Gasteiger partial charge < -0.3 is 5.32 Å². The molecule has 1 aromatic carbocycles. The molecule has 3 nitrogen and oxygen atoms in total. The smallest absolute Gasteiger partial charge is 0.227 e. The van der Waals surface area contributed by atoms with Crippen LogP contribution in [0, 0.1) is 6.92 Å². The molecule has 2 aromatic rings. The van der Waals surface area contributed by atoms with Gasteiger partial charge in [0.05, 0.1) is 12.1 Å². The average molecular weight is 274 g/mol. The number of benzene rings is 1. The first-order valence-electron chi connectivity index (χ1n) is 6.45. The predicted octanol–water partition coefficient (Wildman–Crippen LogP) is 2.87. The number of nitrogens with one attached hydrogen (secondary N) is 1. The fourth-order valence-electron chi connectivity index (χ4n) is 1.89. The summed E-state index contributed by atoms with van der Waals surface area (Å²) in [4.78, 5) is 17.5. The highest BCUT2D eigenvalue weighted by Gasteiger charge is 2.10. The number of carbonyl (C=O) groups excluding carboxylic acids is 1. The third kappa shape index (κ3) is 3.89. The Bertz CT molecular complexity index is 549. The lowest BCUT2D eigenvalue weighted by Gasteiger charge is -2.03. The Labute approximate surface area is 117 Å². The molecule has 0 fully saturated rings. The zero-order valence-electron chi connectivity index (χ0n) is 11.3. The van der Waals surface area contributed by atoms with Gasteiger partial charge in [0.2, 0.25) is 5.91 Å². The molecule has 1 N–H and O–H groups in total. The monoisotopic (exact) mass is 274 g/mol. The summed E-state index contributed by atoms with van der Waals surface area (Å²) in [7, 11) is 0. The predicted molar refractivity (Wildman–Crippen MR) is 78.2 cm³/mol. The summed E-state index contributed by atoms with van der Waals surface area (Å²) in [5, 5.41) is 3.82. The molecule has 0 spiro atoms. The molecular weight excluding hydrogens is 256 g/mol. The lowest BCUT2D eigenvalue weighted by molar-refractivity contribution is -0.120. The first kappa shape index (κ1) is 13.7. The van der Waals surface area contributed by atoms with Crippen LogP contribution in [0.3, 0.4) is 0 Å². The number of amides is 1. The van der Waals surface area contributed by atoms with Crippen molar-refractivity contribution in [2.45, 2.75) is 33.2 Å². The fraction of sp³-hybridized carbons (Fsp3) is 0.333. The second kappa shape index (κ2) is 6.48. The summed E-state index contributed by atoms with van der Waals surface area (Å²) in [5.74, 6) is 0.0280. The quantitative estimate of drug-likeness (QED) is 0.911. The van der Waals surface area contributed by atoms with Crippen molar-refractivity contribution in [2.24, 2.45) is 0 Å². The molecule has 1 aromatic heterocycles. The molecule has 0 bridgehead atoms. The van der Waals surface area contributed by atoms with E-state index in [1.165, 1.54) is 4.88 Å². The Morgan fingerprint density at radius 2 is 2.05 bits per heavy atom. The molecule has 19 heavy (non-hydrogen) atoms. The van der Waals surface area contributed by atoms with Crippen molar-refractivity contribution in [3.05, 3.63) is 51.5 Å². The van der Waals surface area contributed by atoms with E-state index < -0.39 is 0 Å². The molecule has 0 atom stereocenters. The van der Waals surface area contributed by atoms with Crippen LogP contribution in [0.2, 0.25) is 0 Å². The van der Waals surface area contributed by atoms with Crippen molar-refractivity contribution in [1.29, 1.82) is 0 Å². The lowest BCUT2D eigenvalue weighted by Crippen LogP contribution is -2.24. The van der Waals surface area contributed by atoms with Gasteiger partial charge in [-0.15, -0.1) is 11.3 Å². The topological polar surface area (TPSA) is 42.0 Å². The number of hydrogen-bond donors (Lipinski definition) is 1. The van der Waals surface area contributed by atoms with Crippen molar-refractivity contribution < 1.29 is 4.79 Å². The molecule has 0 aliphatic heterocycles. The minimum atomic E-state index is 0.0280. The highest BCUT2D eigenvalue weighted by atomic mass is 32.1. The number of carbonyl (C=O) groups is 1. The highest BCUT2D eigenvalue weighted by molar-refractivity contribution is 7.11. The van der Waals surface area contributed by atoms with E-state index in [4.69, 9.17) is 0 Å². The summed E-state index contributed by atoms with van der Waals surface area (Å²) >= 11 is 1.62. The first-order valence-corrected chi connectivity index (χ1v) is 7.26. The number of hydrogen-bond acceptors (Lipinski definition) is 3. The molecule has 0 aliphatic rings. The zero-order chi connectivity index (χ0) is 13.7.